The zero-order valence-electron chi connectivity index (χ0n) is 16.4. The number of carbonyl (C=O) groups excluding carboxylic acids is 1. The van der Waals surface area contributed by atoms with Gasteiger partial charge >= 0.3 is 0 Å². The van der Waals surface area contributed by atoms with E-state index in [2.05, 4.69) is 20.7 Å². The van der Waals surface area contributed by atoms with Gasteiger partial charge in [0, 0.05) is 17.7 Å². The molecule has 150 valence electrons. The lowest BCUT2D eigenvalue weighted by Crippen LogP contribution is -2.20. The van der Waals surface area contributed by atoms with Gasteiger partial charge < -0.3 is 9.30 Å². The van der Waals surface area contributed by atoms with Crippen LogP contribution in [0, 0.1) is 0 Å². The quantitative estimate of drug-likeness (QED) is 0.332. The Morgan fingerprint density at radius 3 is 2.66 bits per heavy atom. The van der Waals surface area contributed by atoms with Crippen molar-refractivity contribution in [2.45, 2.75) is 25.5 Å². The first-order valence-corrected chi connectivity index (χ1v) is 10.4. The maximum absolute atomic E-state index is 12.2. The van der Waals surface area contributed by atoms with Gasteiger partial charge in [-0.3, -0.25) is 4.79 Å². The van der Waals surface area contributed by atoms with Crippen molar-refractivity contribution in [2.75, 3.05) is 12.4 Å². The number of nitrogens with zero attached hydrogens (tertiary/aromatic N) is 4. The van der Waals surface area contributed by atoms with Crippen molar-refractivity contribution in [1.82, 2.24) is 20.2 Å². The highest BCUT2D eigenvalue weighted by molar-refractivity contribution is 7.99. The van der Waals surface area contributed by atoms with E-state index in [0.29, 0.717) is 18.3 Å². The molecule has 0 radical (unpaired) electrons. The number of benzene rings is 2. The number of para-hydroxylation sites is 1. The van der Waals surface area contributed by atoms with E-state index in [0.717, 1.165) is 22.7 Å². The summed E-state index contributed by atoms with van der Waals surface area (Å²) in [5.41, 5.74) is 4.35. The summed E-state index contributed by atoms with van der Waals surface area (Å²) in [5.74, 6) is 1.50. The molecule has 0 atom stereocenters. The van der Waals surface area contributed by atoms with Crippen molar-refractivity contribution < 1.29 is 9.53 Å². The fraction of sp³-hybridized carbons (Fsp3) is 0.238. The summed E-state index contributed by atoms with van der Waals surface area (Å²) in [6.45, 7) is 5.23. The summed E-state index contributed by atoms with van der Waals surface area (Å²) in [6.07, 6.45) is 1.58. The van der Waals surface area contributed by atoms with Crippen LogP contribution in [0.1, 0.15) is 19.4 Å². The van der Waals surface area contributed by atoms with Crippen molar-refractivity contribution in [3.05, 3.63) is 60.2 Å². The second-order valence-electron chi connectivity index (χ2n) is 5.97. The molecule has 0 aliphatic carbocycles. The molecule has 0 saturated heterocycles. The van der Waals surface area contributed by atoms with Crippen LogP contribution >= 0.6 is 11.8 Å². The van der Waals surface area contributed by atoms with Gasteiger partial charge in [0.15, 0.2) is 11.0 Å². The lowest BCUT2D eigenvalue weighted by molar-refractivity contribution is -0.118. The van der Waals surface area contributed by atoms with Gasteiger partial charge in [-0.25, -0.2) is 5.43 Å². The normalized spacial score (nSPS) is 11.0. The van der Waals surface area contributed by atoms with Gasteiger partial charge in [0.05, 0.1) is 18.6 Å². The van der Waals surface area contributed by atoms with Gasteiger partial charge in [0.1, 0.15) is 5.75 Å². The number of thioether (sulfide) groups is 1. The second kappa shape index (κ2) is 10.4. The number of aromatic nitrogens is 3. The Hall–Kier alpha value is -3.13. The van der Waals surface area contributed by atoms with Crippen molar-refractivity contribution >= 4 is 23.9 Å². The predicted octanol–water partition coefficient (Wildman–Crippen LogP) is 3.61. The first kappa shape index (κ1) is 20.6. The van der Waals surface area contributed by atoms with Crippen molar-refractivity contribution in [3.63, 3.8) is 0 Å². The molecular weight excluding hydrogens is 386 g/mol. The highest BCUT2D eigenvalue weighted by Gasteiger charge is 2.14. The van der Waals surface area contributed by atoms with E-state index in [1.807, 2.05) is 73.0 Å². The number of ether oxygens (including phenoxy) is 1. The molecule has 0 unspecified atom stereocenters. The van der Waals surface area contributed by atoms with Crippen molar-refractivity contribution in [1.29, 1.82) is 0 Å². The fourth-order valence-corrected chi connectivity index (χ4v) is 3.49. The smallest absolute Gasteiger partial charge is 0.250 e. The van der Waals surface area contributed by atoms with Gasteiger partial charge in [0.25, 0.3) is 5.91 Å². The highest BCUT2D eigenvalue weighted by Crippen LogP contribution is 2.23. The summed E-state index contributed by atoms with van der Waals surface area (Å²) in [7, 11) is 0. The minimum Gasteiger partial charge on any atom is -0.493 e. The molecular formula is C21H23N5O2S. The Morgan fingerprint density at radius 1 is 1.14 bits per heavy atom. The van der Waals surface area contributed by atoms with Gasteiger partial charge in [-0.2, -0.15) is 5.10 Å². The van der Waals surface area contributed by atoms with E-state index in [9.17, 15) is 4.79 Å². The molecule has 2 aromatic carbocycles. The first-order chi connectivity index (χ1) is 14.2. The number of rotatable bonds is 9. The Balaban J connectivity index is 1.58. The minimum atomic E-state index is -0.216. The monoisotopic (exact) mass is 409 g/mol. The number of carbonyl (C=O) groups is 1. The van der Waals surface area contributed by atoms with Gasteiger partial charge in [0.2, 0.25) is 0 Å². The van der Waals surface area contributed by atoms with Crippen molar-refractivity contribution in [2.24, 2.45) is 5.10 Å². The second-order valence-corrected chi connectivity index (χ2v) is 6.91. The molecule has 7 nitrogen and oxygen atoms in total. The largest absolute Gasteiger partial charge is 0.493 e. The summed E-state index contributed by atoms with van der Waals surface area (Å²) in [5, 5.41) is 13.2. The molecule has 0 saturated carbocycles. The molecule has 0 fully saturated rings. The third-order valence-electron chi connectivity index (χ3n) is 4.01. The Bertz CT molecular complexity index is 972. The summed E-state index contributed by atoms with van der Waals surface area (Å²) < 4.78 is 7.53. The van der Waals surface area contributed by atoms with Crippen LogP contribution in [-0.2, 0) is 11.3 Å². The first-order valence-electron chi connectivity index (χ1n) is 9.38. The topological polar surface area (TPSA) is 81.4 Å². The molecule has 0 bridgehead atoms. The molecule has 1 amide bonds. The van der Waals surface area contributed by atoms with Crippen LogP contribution < -0.4 is 10.2 Å². The molecule has 1 aromatic heterocycles. The van der Waals surface area contributed by atoms with Crippen LogP contribution in [0.4, 0.5) is 0 Å². The Morgan fingerprint density at radius 2 is 1.90 bits per heavy atom. The fourth-order valence-electron chi connectivity index (χ4n) is 2.69. The minimum absolute atomic E-state index is 0.192. The van der Waals surface area contributed by atoms with E-state index in [1.54, 1.807) is 6.21 Å². The maximum Gasteiger partial charge on any atom is 0.250 e. The van der Waals surface area contributed by atoms with Crippen LogP contribution in [0.25, 0.3) is 11.4 Å². The zero-order chi connectivity index (χ0) is 20.5. The van der Waals surface area contributed by atoms with Crippen LogP contribution in [0.15, 0.2) is 64.9 Å². The number of amides is 1. The molecule has 29 heavy (non-hydrogen) atoms. The average molecular weight is 410 g/mol. The Kier molecular flexibility index (Phi) is 7.40. The lowest BCUT2D eigenvalue weighted by Gasteiger charge is -2.07. The molecule has 3 aromatic rings. The number of hydrazone groups is 1. The predicted molar refractivity (Wildman–Crippen MR) is 115 cm³/mol. The average Bonchev–Trinajstić information content (AvgIpc) is 3.17. The van der Waals surface area contributed by atoms with Gasteiger partial charge in [-0.05, 0) is 26.0 Å². The van der Waals surface area contributed by atoms with Crippen LogP contribution in [0.5, 0.6) is 5.75 Å². The highest BCUT2D eigenvalue weighted by atomic mass is 32.2. The van der Waals surface area contributed by atoms with E-state index < -0.39 is 0 Å². The molecule has 3 rings (SSSR count). The maximum atomic E-state index is 12.2. The lowest BCUT2D eigenvalue weighted by atomic mass is 10.2. The van der Waals surface area contributed by atoms with E-state index >= 15 is 0 Å². The van der Waals surface area contributed by atoms with Crippen LogP contribution in [0.3, 0.4) is 0 Å². The summed E-state index contributed by atoms with van der Waals surface area (Å²) in [6, 6.07) is 17.4. The molecule has 8 heteroatoms. The number of hydrogen-bond donors (Lipinski definition) is 1. The summed E-state index contributed by atoms with van der Waals surface area (Å²) in [4.78, 5) is 12.2. The molecule has 0 aliphatic rings. The van der Waals surface area contributed by atoms with Crippen LogP contribution in [-0.4, -0.2) is 39.2 Å². The standard InChI is InChI=1S/C21H23N5O2S/c1-3-26-20(16-10-6-5-7-11-16)24-25-21(26)29-15-19(27)23-22-14-17-12-8-9-13-18(17)28-4-2/h5-14H,3-4,15H2,1-2H3,(H,23,27)/b22-14-. The van der Waals surface area contributed by atoms with Gasteiger partial charge in [-0.1, -0.05) is 54.2 Å². The van der Waals surface area contributed by atoms with Crippen LogP contribution in [0.2, 0.25) is 0 Å². The molecule has 1 heterocycles. The van der Waals surface area contributed by atoms with E-state index in [4.69, 9.17) is 4.74 Å². The molecule has 1 N–H and O–H groups in total. The molecule has 0 aliphatic heterocycles. The third kappa shape index (κ3) is 5.45. The third-order valence-corrected chi connectivity index (χ3v) is 4.98. The number of nitrogens with one attached hydrogen (secondary N) is 1. The van der Waals surface area contributed by atoms with Gasteiger partial charge in [-0.15, -0.1) is 10.2 Å². The number of hydrogen-bond acceptors (Lipinski definition) is 6. The zero-order valence-corrected chi connectivity index (χ0v) is 17.2. The van der Waals surface area contributed by atoms with Crippen molar-refractivity contribution in [3.8, 4) is 17.1 Å². The SMILES string of the molecule is CCOc1ccccc1/C=N\NC(=O)CSc1nnc(-c2ccccc2)n1CC. The summed E-state index contributed by atoms with van der Waals surface area (Å²) >= 11 is 1.33. The van der Waals surface area contributed by atoms with E-state index in [-0.39, 0.29) is 11.7 Å². The molecule has 0 spiro atoms. The van der Waals surface area contributed by atoms with E-state index in [1.165, 1.54) is 11.8 Å². The Labute approximate surface area is 174 Å².